The molecule has 1 N–H and O–H groups in total. The molecule has 0 saturated heterocycles. The van der Waals surface area contributed by atoms with Gasteiger partial charge in [-0.05, 0) is 25.1 Å². The van der Waals surface area contributed by atoms with Crippen molar-refractivity contribution in [2.24, 2.45) is 0 Å². The summed E-state index contributed by atoms with van der Waals surface area (Å²) in [5.41, 5.74) is 2.52. The van der Waals surface area contributed by atoms with Crippen molar-refractivity contribution < 1.29 is 0 Å². The lowest BCUT2D eigenvalue weighted by Crippen LogP contribution is -2.19. The van der Waals surface area contributed by atoms with Crippen LogP contribution < -0.4 is 5.32 Å². The van der Waals surface area contributed by atoms with Crippen molar-refractivity contribution in [3.05, 3.63) is 46.5 Å². The smallest absolute Gasteiger partial charge is 0.0514 e. The highest BCUT2D eigenvalue weighted by atomic mass is 79.9. The van der Waals surface area contributed by atoms with Crippen LogP contribution in [0.4, 0.5) is 0 Å². The Hall–Kier alpha value is -0.600. The summed E-state index contributed by atoms with van der Waals surface area (Å²) in [7, 11) is 0. The molecule has 0 spiro atoms. The van der Waals surface area contributed by atoms with Crippen LogP contribution in [0.15, 0.2) is 35.3 Å². The minimum absolute atomic E-state index is 0.231. The van der Waals surface area contributed by atoms with Gasteiger partial charge in [0.25, 0.3) is 0 Å². The predicted molar refractivity (Wildman–Crippen MR) is 65.5 cm³/mol. The second-order valence-corrected chi connectivity index (χ2v) is 4.15. The minimum Gasteiger partial charge on any atom is -0.307 e. The van der Waals surface area contributed by atoms with Gasteiger partial charge in [-0.15, -0.1) is 6.58 Å². The molecule has 0 amide bonds. The molecule has 1 nitrogen and oxygen atoms in total. The molecule has 1 unspecified atom stereocenters. The quantitative estimate of drug-likeness (QED) is 0.809. The molecule has 0 aromatic heterocycles. The highest BCUT2D eigenvalue weighted by molar-refractivity contribution is 9.10. The summed E-state index contributed by atoms with van der Waals surface area (Å²) >= 11 is 3.55. The summed E-state index contributed by atoms with van der Waals surface area (Å²) in [6.07, 6.45) is 1.93. The van der Waals surface area contributed by atoms with Crippen molar-refractivity contribution in [3.8, 4) is 0 Å². The summed E-state index contributed by atoms with van der Waals surface area (Å²) in [6.45, 7) is 8.98. The Morgan fingerprint density at radius 2 is 2.29 bits per heavy atom. The van der Waals surface area contributed by atoms with E-state index >= 15 is 0 Å². The maximum Gasteiger partial charge on any atom is 0.0514 e. The van der Waals surface area contributed by atoms with Crippen LogP contribution in [0.2, 0.25) is 0 Å². The predicted octanol–water partition coefficient (Wildman–Crippen LogP) is 3.59. The third-order valence-electron chi connectivity index (χ3n) is 2.15. The van der Waals surface area contributed by atoms with Crippen LogP contribution in [-0.4, -0.2) is 6.54 Å². The van der Waals surface area contributed by atoms with Gasteiger partial charge in [-0.25, -0.2) is 0 Å². The van der Waals surface area contributed by atoms with Gasteiger partial charge >= 0.3 is 0 Å². The van der Waals surface area contributed by atoms with Gasteiger partial charge in [-0.3, -0.25) is 0 Å². The molecular formula is C12H16BrN. The Morgan fingerprint density at radius 3 is 2.86 bits per heavy atom. The van der Waals surface area contributed by atoms with Gasteiger partial charge in [0.15, 0.2) is 0 Å². The van der Waals surface area contributed by atoms with E-state index in [1.165, 1.54) is 11.1 Å². The highest BCUT2D eigenvalue weighted by Crippen LogP contribution is 2.25. The van der Waals surface area contributed by atoms with Gasteiger partial charge in [0.2, 0.25) is 0 Å². The number of aryl methyl sites for hydroxylation is 1. The van der Waals surface area contributed by atoms with Crippen LogP contribution in [0.5, 0.6) is 0 Å². The molecule has 1 aromatic rings. The first-order valence-corrected chi connectivity index (χ1v) is 5.60. The lowest BCUT2D eigenvalue weighted by Gasteiger charge is -2.16. The maximum absolute atomic E-state index is 3.84. The van der Waals surface area contributed by atoms with Crippen LogP contribution in [0, 0.1) is 6.92 Å². The van der Waals surface area contributed by atoms with Crippen molar-refractivity contribution in [2.75, 3.05) is 6.54 Å². The Labute approximate surface area is 94.3 Å². The van der Waals surface area contributed by atoms with E-state index in [9.17, 15) is 0 Å². The molecule has 0 heterocycles. The summed E-state index contributed by atoms with van der Waals surface area (Å²) < 4.78 is 1.13. The second-order valence-electron chi connectivity index (χ2n) is 3.30. The van der Waals surface area contributed by atoms with Gasteiger partial charge in [0, 0.05) is 4.47 Å². The van der Waals surface area contributed by atoms with Crippen molar-refractivity contribution in [3.63, 3.8) is 0 Å². The highest BCUT2D eigenvalue weighted by Gasteiger charge is 2.09. The second kappa shape index (κ2) is 5.32. The zero-order valence-electron chi connectivity index (χ0n) is 8.68. The lowest BCUT2D eigenvalue weighted by molar-refractivity contribution is 0.646. The molecule has 1 rings (SSSR count). The first-order chi connectivity index (χ1) is 6.69. The van der Waals surface area contributed by atoms with Gasteiger partial charge in [-0.2, -0.15) is 0 Å². The molecule has 2 heteroatoms. The van der Waals surface area contributed by atoms with Crippen molar-refractivity contribution in [1.82, 2.24) is 5.32 Å². The van der Waals surface area contributed by atoms with E-state index in [4.69, 9.17) is 0 Å². The summed E-state index contributed by atoms with van der Waals surface area (Å²) in [5, 5.41) is 3.37. The first kappa shape index (κ1) is 11.5. The maximum atomic E-state index is 3.84. The van der Waals surface area contributed by atoms with E-state index in [2.05, 4.69) is 59.9 Å². The van der Waals surface area contributed by atoms with E-state index in [0.717, 1.165) is 11.0 Å². The molecule has 1 atom stereocenters. The fourth-order valence-corrected chi connectivity index (χ4v) is 1.93. The summed E-state index contributed by atoms with van der Waals surface area (Å²) in [4.78, 5) is 0. The Kier molecular flexibility index (Phi) is 4.36. The first-order valence-electron chi connectivity index (χ1n) is 4.81. The summed E-state index contributed by atoms with van der Waals surface area (Å²) in [6, 6.07) is 6.59. The largest absolute Gasteiger partial charge is 0.307 e. The molecule has 14 heavy (non-hydrogen) atoms. The van der Waals surface area contributed by atoms with Crippen LogP contribution in [0.1, 0.15) is 24.1 Å². The van der Waals surface area contributed by atoms with Gasteiger partial charge < -0.3 is 5.32 Å². The molecule has 0 aliphatic carbocycles. The Balaban J connectivity index is 3.01. The summed E-state index contributed by atoms with van der Waals surface area (Å²) in [5.74, 6) is 0. The normalized spacial score (nSPS) is 12.5. The average molecular weight is 254 g/mol. The lowest BCUT2D eigenvalue weighted by atomic mass is 10.0. The molecule has 0 radical (unpaired) electrons. The van der Waals surface area contributed by atoms with Gasteiger partial charge in [-0.1, -0.05) is 46.6 Å². The van der Waals surface area contributed by atoms with Crippen molar-refractivity contribution in [1.29, 1.82) is 0 Å². The van der Waals surface area contributed by atoms with Gasteiger partial charge in [0.1, 0.15) is 0 Å². The number of nitrogens with one attached hydrogen (secondary N) is 1. The topological polar surface area (TPSA) is 12.0 Å². The SMILES string of the molecule is C=CC(NCC)c1cc(C)ccc1Br. The molecule has 76 valence electrons. The van der Waals surface area contributed by atoms with E-state index in [0.29, 0.717) is 0 Å². The fraction of sp³-hybridized carbons (Fsp3) is 0.333. The number of hydrogen-bond acceptors (Lipinski definition) is 1. The van der Waals surface area contributed by atoms with E-state index in [-0.39, 0.29) is 6.04 Å². The van der Waals surface area contributed by atoms with Gasteiger partial charge in [0.05, 0.1) is 6.04 Å². The standard InChI is InChI=1S/C12H16BrN/c1-4-12(14-5-2)10-8-9(3)6-7-11(10)13/h4,6-8,12,14H,1,5H2,2-3H3. The molecule has 1 aromatic carbocycles. The molecule has 0 aliphatic rings. The average Bonchev–Trinajstić information content (AvgIpc) is 2.18. The Bertz CT molecular complexity index is 320. The number of halogens is 1. The molecule has 0 fully saturated rings. The van der Waals surface area contributed by atoms with Crippen LogP contribution in [0.25, 0.3) is 0 Å². The number of likely N-dealkylation sites (N-methyl/N-ethyl adjacent to an activating group) is 1. The van der Waals surface area contributed by atoms with Crippen LogP contribution in [0.3, 0.4) is 0 Å². The van der Waals surface area contributed by atoms with Crippen molar-refractivity contribution >= 4 is 15.9 Å². The number of rotatable bonds is 4. The monoisotopic (exact) mass is 253 g/mol. The van der Waals surface area contributed by atoms with Crippen LogP contribution in [-0.2, 0) is 0 Å². The zero-order valence-corrected chi connectivity index (χ0v) is 10.3. The zero-order chi connectivity index (χ0) is 10.6. The third kappa shape index (κ3) is 2.69. The fourth-order valence-electron chi connectivity index (χ4n) is 1.44. The molecular weight excluding hydrogens is 238 g/mol. The van der Waals surface area contributed by atoms with E-state index in [1.54, 1.807) is 0 Å². The minimum atomic E-state index is 0.231. The third-order valence-corrected chi connectivity index (χ3v) is 2.87. The van der Waals surface area contributed by atoms with Crippen LogP contribution >= 0.6 is 15.9 Å². The Morgan fingerprint density at radius 1 is 1.57 bits per heavy atom. The van der Waals surface area contributed by atoms with E-state index < -0.39 is 0 Å². The number of hydrogen-bond donors (Lipinski definition) is 1. The number of benzene rings is 1. The van der Waals surface area contributed by atoms with Crippen molar-refractivity contribution in [2.45, 2.75) is 19.9 Å². The van der Waals surface area contributed by atoms with E-state index in [1.807, 2.05) is 6.08 Å². The molecule has 0 aliphatic heterocycles. The molecule has 0 saturated carbocycles. The molecule has 0 bridgehead atoms.